The summed E-state index contributed by atoms with van der Waals surface area (Å²) in [4.78, 5) is 10.9. The minimum Gasteiger partial charge on any atom is -0.313 e. The molecule has 1 aliphatic carbocycles. The Labute approximate surface area is 73.2 Å². The first-order valence-corrected chi connectivity index (χ1v) is 4.50. The number of carbonyl (C=O) groups excluding carboxylic acids is 1. The first-order chi connectivity index (χ1) is 5.77. The normalized spacial score (nSPS) is 19.1. The fourth-order valence-electron chi connectivity index (χ4n) is 1.66. The van der Waals surface area contributed by atoms with Crippen LogP contribution in [0.15, 0.2) is 11.6 Å². The van der Waals surface area contributed by atoms with Gasteiger partial charge in [0.2, 0.25) is 0 Å². The molecule has 2 heteroatoms. The van der Waals surface area contributed by atoms with E-state index in [9.17, 15) is 4.79 Å². The van der Waals surface area contributed by atoms with E-state index < -0.39 is 0 Å². The van der Waals surface area contributed by atoms with Crippen molar-refractivity contribution >= 4 is 12.0 Å². The molecule has 0 aromatic carbocycles. The highest BCUT2D eigenvalue weighted by atomic mass is 16.1. The molecule has 0 heterocycles. The van der Waals surface area contributed by atoms with Crippen LogP contribution in [-0.2, 0) is 4.79 Å². The summed E-state index contributed by atoms with van der Waals surface area (Å²) in [5.74, 6) is 0.697. The largest absolute Gasteiger partial charge is 0.313 e. The molecule has 1 N–H and O–H groups in total. The van der Waals surface area contributed by atoms with Gasteiger partial charge in [0, 0.05) is 6.42 Å². The van der Waals surface area contributed by atoms with Crippen molar-refractivity contribution in [3.63, 3.8) is 0 Å². The molecule has 0 fully saturated rings. The first-order valence-electron chi connectivity index (χ1n) is 4.50. The third kappa shape index (κ3) is 2.03. The molecule has 2 nitrogen and oxygen atoms in total. The summed E-state index contributed by atoms with van der Waals surface area (Å²) in [6.07, 6.45) is 6.65. The molecule has 0 amide bonds. The zero-order valence-corrected chi connectivity index (χ0v) is 7.47. The Balaban J connectivity index is 2.59. The average molecular weight is 165 g/mol. The molecule has 1 atom stereocenters. The van der Waals surface area contributed by atoms with Crippen molar-refractivity contribution in [2.24, 2.45) is 5.92 Å². The van der Waals surface area contributed by atoms with Gasteiger partial charge >= 0.3 is 0 Å². The van der Waals surface area contributed by atoms with Crippen molar-refractivity contribution in [1.82, 2.24) is 0 Å². The number of hydrogen-bond donors (Lipinski definition) is 1. The molecule has 1 unspecified atom stereocenters. The Morgan fingerprint density at radius 2 is 2.42 bits per heavy atom. The van der Waals surface area contributed by atoms with Crippen LogP contribution < -0.4 is 0 Å². The van der Waals surface area contributed by atoms with Crippen LogP contribution in [0.2, 0.25) is 0 Å². The van der Waals surface area contributed by atoms with Crippen LogP contribution in [0, 0.1) is 11.3 Å². The fraction of sp³-hybridized carbons (Fsp3) is 0.600. The van der Waals surface area contributed by atoms with Gasteiger partial charge in [0.05, 0.1) is 0 Å². The molecule has 1 aliphatic rings. The third-order valence-corrected chi connectivity index (χ3v) is 2.43. The molecule has 0 aliphatic heterocycles. The van der Waals surface area contributed by atoms with Crippen LogP contribution in [0.5, 0.6) is 0 Å². The van der Waals surface area contributed by atoms with Gasteiger partial charge in [0.15, 0.2) is 5.78 Å². The van der Waals surface area contributed by atoms with Crippen LogP contribution in [0.1, 0.15) is 32.6 Å². The Kier molecular flexibility index (Phi) is 3.20. The van der Waals surface area contributed by atoms with Crippen molar-refractivity contribution < 1.29 is 4.79 Å². The highest BCUT2D eigenvalue weighted by molar-refractivity contribution is 5.93. The fourth-order valence-corrected chi connectivity index (χ4v) is 1.66. The molecular formula is C10H15NO. The Hall–Kier alpha value is -0.920. The molecule has 0 aromatic rings. The van der Waals surface area contributed by atoms with Crippen LogP contribution in [0.4, 0.5) is 0 Å². The van der Waals surface area contributed by atoms with Gasteiger partial charge in [0.25, 0.3) is 0 Å². The van der Waals surface area contributed by atoms with Crippen LogP contribution in [-0.4, -0.2) is 12.0 Å². The second-order valence-corrected chi connectivity index (χ2v) is 3.23. The van der Waals surface area contributed by atoms with Crippen molar-refractivity contribution in [2.75, 3.05) is 0 Å². The predicted octanol–water partition coefficient (Wildman–Crippen LogP) is 2.34. The van der Waals surface area contributed by atoms with E-state index >= 15 is 0 Å². The molecule has 0 radical (unpaired) electrons. The summed E-state index contributed by atoms with van der Waals surface area (Å²) in [6, 6.07) is 0. The number of carbonyl (C=O) groups is 1. The van der Waals surface area contributed by atoms with Crippen molar-refractivity contribution in [3.05, 3.63) is 11.6 Å². The summed E-state index contributed by atoms with van der Waals surface area (Å²) in [5, 5.41) is 7.01. The lowest BCUT2D eigenvalue weighted by molar-refractivity contribution is -0.114. The predicted molar refractivity (Wildman–Crippen MR) is 49.5 cm³/mol. The van der Waals surface area contributed by atoms with E-state index in [-0.39, 0.29) is 5.78 Å². The van der Waals surface area contributed by atoms with Crippen LogP contribution in [0.25, 0.3) is 0 Å². The van der Waals surface area contributed by atoms with Gasteiger partial charge in [-0.2, -0.15) is 0 Å². The molecule has 1 rings (SSSR count). The summed E-state index contributed by atoms with van der Waals surface area (Å²) in [6.45, 7) is 2.11. The first kappa shape index (κ1) is 9.17. The highest BCUT2D eigenvalue weighted by Gasteiger charge is 2.18. The number of hydrogen-bond acceptors (Lipinski definition) is 2. The molecule has 0 bridgehead atoms. The third-order valence-electron chi connectivity index (χ3n) is 2.43. The average Bonchev–Trinajstić information content (AvgIpc) is 2.47. The van der Waals surface area contributed by atoms with Crippen molar-refractivity contribution in [1.29, 1.82) is 5.41 Å². The van der Waals surface area contributed by atoms with Crippen molar-refractivity contribution in [3.8, 4) is 0 Å². The van der Waals surface area contributed by atoms with E-state index in [1.165, 1.54) is 11.8 Å². The molecule has 0 spiro atoms. The molecular weight excluding hydrogens is 150 g/mol. The second-order valence-electron chi connectivity index (χ2n) is 3.23. The van der Waals surface area contributed by atoms with Gasteiger partial charge in [-0.15, -0.1) is 0 Å². The number of rotatable bonds is 4. The molecule has 0 saturated carbocycles. The molecule has 0 saturated heterocycles. The second kappa shape index (κ2) is 4.19. The maximum Gasteiger partial charge on any atom is 0.155 e. The maximum absolute atomic E-state index is 10.9. The maximum atomic E-state index is 10.9. The summed E-state index contributed by atoms with van der Waals surface area (Å²) in [5.41, 5.74) is 1.26. The number of nitrogens with one attached hydrogen (secondary N) is 1. The molecule has 12 heavy (non-hydrogen) atoms. The van der Waals surface area contributed by atoms with Gasteiger partial charge < -0.3 is 5.41 Å². The zero-order valence-electron chi connectivity index (χ0n) is 7.47. The lowest BCUT2D eigenvalue weighted by Gasteiger charge is -2.12. The summed E-state index contributed by atoms with van der Waals surface area (Å²) >= 11 is 0. The van der Waals surface area contributed by atoms with Crippen molar-refractivity contribution in [2.45, 2.75) is 32.6 Å². The van der Waals surface area contributed by atoms with Crippen LogP contribution in [0.3, 0.4) is 0 Å². The number of allylic oxidation sites excluding steroid dienone is 2. The number of ketones is 1. The van der Waals surface area contributed by atoms with Gasteiger partial charge in [-0.05, 0) is 37.5 Å². The zero-order chi connectivity index (χ0) is 8.97. The van der Waals surface area contributed by atoms with E-state index in [0.717, 1.165) is 19.3 Å². The Morgan fingerprint density at radius 1 is 1.67 bits per heavy atom. The summed E-state index contributed by atoms with van der Waals surface area (Å²) < 4.78 is 0. The van der Waals surface area contributed by atoms with Gasteiger partial charge in [-0.25, -0.2) is 0 Å². The van der Waals surface area contributed by atoms with Gasteiger partial charge in [0.1, 0.15) is 0 Å². The van der Waals surface area contributed by atoms with E-state index in [2.05, 4.69) is 6.92 Å². The Bertz CT molecular complexity index is 218. The lowest BCUT2D eigenvalue weighted by Crippen LogP contribution is -2.01. The van der Waals surface area contributed by atoms with E-state index in [0.29, 0.717) is 12.3 Å². The van der Waals surface area contributed by atoms with E-state index in [1.54, 1.807) is 6.08 Å². The van der Waals surface area contributed by atoms with Gasteiger partial charge in [-0.3, -0.25) is 4.79 Å². The van der Waals surface area contributed by atoms with Gasteiger partial charge in [-0.1, -0.05) is 12.5 Å². The SMILES string of the molecule is CCC(CC=N)C1=CC(=O)CC1. The monoisotopic (exact) mass is 165 g/mol. The summed E-state index contributed by atoms with van der Waals surface area (Å²) in [7, 11) is 0. The topological polar surface area (TPSA) is 40.9 Å². The minimum atomic E-state index is 0.258. The smallest absolute Gasteiger partial charge is 0.155 e. The minimum absolute atomic E-state index is 0.258. The molecule has 66 valence electrons. The van der Waals surface area contributed by atoms with E-state index in [1.807, 2.05) is 0 Å². The Morgan fingerprint density at radius 3 is 2.83 bits per heavy atom. The standard InChI is InChI=1S/C10H15NO/c1-2-8(5-6-11)9-3-4-10(12)7-9/h6-8,11H,2-5H2,1H3. The van der Waals surface area contributed by atoms with Crippen LogP contribution >= 0.6 is 0 Å². The van der Waals surface area contributed by atoms with E-state index in [4.69, 9.17) is 5.41 Å². The lowest BCUT2D eigenvalue weighted by atomic mass is 9.93. The quantitative estimate of drug-likeness (QED) is 0.638. The highest BCUT2D eigenvalue weighted by Crippen LogP contribution is 2.27. The molecule has 0 aromatic heterocycles.